The summed E-state index contributed by atoms with van der Waals surface area (Å²) < 4.78 is 5.66. The average molecular weight is 436 g/mol. The van der Waals surface area contributed by atoms with Crippen LogP contribution in [-0.4, -0.2) is 45.2 Å². The lowest BCUT2D eigenvalue weighted by Crippen LogP contribution is -2.72. The molecule has 1 spiro atoms. The summed E-state index contributed by atoms with van der Waals surface area (Å²) in [5.41, 5.74) is 4.91. The fraction of sp³-hybridized carbons (Fsp3) is 0.375. The van der Waals surface area contributed by atoms with Gasteiger partial charge >= 0.3 is 5.97 Å². The summed E-state index contributed by atoms with van der Waals surface area (Å²) in [7, 11) is 0. The zero-order chi connectivity index (χ0) is 21.8. The molecule has 7 heteroatoms. The summed E-state index contributed by atoms with van der Waals surface area (Å²) in [4.78, 5) is 28.6. The first-order valence-corrected chi connectivity index (χ1v) is 11.3. The van der Waals surface area contributed by atoms with E-state index in [-0.39, 0.29) is 17.3 Å². The van der Waals surface area contributed by atoms with Crippen molar-refractivity contribution >= 4 is 29.4 Å². The second-order valence-corrected chi connectivity index (χ2v) is 10.6. The van der Waals surface area contributed by atoms with E-state index in [9.17, 15) is 9.59 Å². The van der Waals surface area contributed by atoms with Crippen molar-refractivity contribution in [2.45, 2.75) is 43.0 Å². The maximum atomic E-state index is 13.6. The SMILES string of the molecule is CC1=NNCC12C(=O)N1[C@@H](C(=O)OC(c3ccccc3)c3ccccc3)C(C)(C)S[C@@H]12. The van der Waals surface area contributed by atoms with E-state index in [0.29, 0.717) is 6.54 Å². The molecule has 0 bridgehead atoms. The number of esters is 1. The first-order chi connectivity index (χ1) is 14.9. The van der Waals surface area contributed by atoms with E-state index in [1.54, 1.807) is 16.7 Å². The minimum atomic E-state index is -0.649. The maximum absolute atomic E-state index is 13.6. The van der Waals surface area contributed by atoms with Crippen molar-refractivity contribution in [2.24, 2.45) is 10.5 Å². The zero-order valence-corrected chi connectivity index (χ0v) is 18.6. The summed E-state index contributed by atoms with van der Waals surface area (Å²) in [6.45, 7) is 6.39. The normalized spacial score (nSPS) is 28.2. The first-order valence-electron chi connectivity index (χ1n) is 10.4. The molecule has 0 radical (unpaired) electrons. The minimum Gasteiger partial charge on any atom is -0.451 e. The third kappa shape index (κ3) is 2.90. The molecule has 1 N–H and O–H groups in total. The molecule has 1 unspecified atom stereocenters. The molecule has 6 nitrogen and oxygen atoms in total. The highest BCUT2D eigenvalue weighted by Gasteiger charge is 2.73. The molecule has 3 heterocycles. The quantitative estimate of drug-likeness (QED) is 0.589. The van der Waals surface area contributed by atoms with Gasteiger partial charge < -0.3 is 15.1 Å². The number of fused-ring (bicyclic) bond motifs is 2. The van der Waals surface area contributed by atoms with Crippen LogP contribution in [0.1, 0.15) is 38.0 Å². The van der Waals surface area contributed by atoms with Crippen LogP contribution in [0.25, 0.3) is 0 Å². The monoisotopic (exact) mass is 435 g/mol. The Bertz CT molecular complexity index is 1020. The molecule has 1 amide bonds. The molecule has 0 aromatic heterocycles. The fourth-order valence-corrected chi connectivity index (χ4v) is 6.68. The van der Waals surface area contributed by atoms with E-state index < -0.39 is 22.3 Å². The Hall–Kier alpha value is -2.80. The zero-order valence-electron chi connectivity index (χ0n) is 17.7. The molecule has 3 atom stereocenters. The van der Waals surface area contributed by atoms with Crippen LogP contribution in [0.5, 0.6) is 0 Å². The largest absolute Gasteiger partial charge is 0.451 e. The Morgan fingerprint density at radius 1 is 1.13 bits per heavy atom. The third-order valence-electron chi connectivity index (χ3n) is 6.55. The summed E-state index contributed by atoms with van der Waals surface area (Å²) in [5.74, 6) is -0.416. The molecule has 160 valence electrons. The number of rotatable bonds is 4. The molecule has 3 aliphatic rings. The van der Waals surface area contributed by atoms with Crippen molar-refractivity contribution in [1.29, 1.82) is 0 Å². The van der Waals surface area contributed by atoms with Gasteiger partial charge in [-0.05, 0) is 31.9 Å². The van der Waals surface area contributed by atoms with Gasteiger partial charge in [-0.3, -0.25) is 4.79 Å². The Labute approximate surface area is 186 Å². The van der Waals surface area contributed by atoms with Crippen LogP contribution in [0.2, 0.25) is 0 Å². The minimum absolute atomic E-state index is 0.0419. The van der Waals surface area contributed by atoms with Gasteiger partial charge in [0.25, 0.3) is 0 Å². The number of hydrogen-bond acceptors (Lipinski definition) is 6. The van der Waals surface area contributed by atoms with Crippen LogP contribution >= 0.6 is 11.8 Å². The number of β-lactam (4-membered cyclic amide) rings is 1. The molecule has 5 rings (SSSR count). The lowest BCUT2D eigenvalue weighted by Gasteiger charge is -2.51. The van der Waals surface area contributed by atoms with E-state index in [1.165, 1.54) is 0 Å². The van der Waals surface area contributed by atoms with Gasteiger partial charge in [0.2, 0.25) is 5.91 Å². The Kier molecular flexibility index (Phi) is 4.62. The van der Waals surface area contributed by atoms with Gasteiger partial charge in [0.1, 0.15) is 16.8 Å². The molecule has 31 heavy (non-hydrogen) atoms. The van der Waals surface area contributed by atoms with Gasteiger partial charge in [0.15, 0.2) is 6.10 Å². The number of ether oxygens (including phenoxy) is 1. The standard InChI is InChI=1S/C24H25N3O3S/c1-15-24(14-25-26-15)21(29)27-19(23(2,3)31-22(24)27)20(28)30-18(16-10-6-4-7-11-16)17-12-8-5-9-13-17/h4-13,18-19,22,25H,14H2,1-3H3/t19-,22+,24?/m0/s1. The molecule has 3 aliphatic heterocycles. The molecule has 2 saturated heterocycles. The number of hydrazone groups is 1. The topological polar surface area (TPSA) is 71.0 Å². The van der Waals surface area contributed by atoms with E-state index in [4.69, 9.17) is 4.74 Å². The van der Waals surface area contributed by atoms with Crippen molar-refractivity contribution in [2.75, 3.05) is 6.54 Å². The highest BCUT2D eigenvalue weighted by molar-refractivity contribution is 8.01. The molecule has 0 aliphatic carbocycles. The van der Waals surface area contributed by atoms with E-state index in [0.717, 1.165) is 16.8 Å². The molecular weight excluding hydrogens is 410 g/mol. The molecule has 2 fully saturated rings. The first kappa shape index (κ1) is 20.1. The number of thioether (sulfide) groups is 1. The number of benzene rings is 2. The number of nitrogens with zero attached hydrogens (tertiary/aromatic N) is 2. The number of nitrogens with one attached hydrogen (secondary N) is 1. The lowest BCUT2D eigenvalue weighted by atomic mass is 9.73. The van der Waals surface area contributed by atoms with Crippen molar-refractivity contribution in [3.63, 3.8) is 0 Å². The summed E-state index contributed by atoms with van der Waals surface area (Å²) >= 11 is 1.66. The van der Waals surface area contributed by atoms with Crippen LogP contribution in [0, 0.1) is 5.41 Å². The van der Waals surface area contributed by atoms with Crippen molar-refractivity contribution in [1.82, 2.24) is 10.3 Å². The molecular formula is C24H25N3O3S. The number of carbonyl (C=O) groups excluding carboxylic acids is 2. The van der Waals surface area contributed by atoms with Crippen LogP contribution < -0.4 is 5.43 Å². The highest BCUT2D eigenvalue weighted by atomic mass is 32.2. The summed E-state index contributed by atoms with van der Waals surface area (Å²) in [6, 6.07) is 18.8. The molecule has 2 aromatic carbocycles. The van der Waals surface area contributed by atoms with Gasteiger partial charge in [-0.2, -0.15) is 5.10 Å². The van der Waals surface area contributed by atoms with Gasteiger partial charge in [0, 0.05) is 4.75 Å². The van der Waals surface area contributed by atoms with Crippen LogP contribution in [0.3, 0.4) is 0 Å². The maximum Gasteiger partial charge on any atom is 0.331 e. The summed E-state index contributed by atoms with van der Waals surface area (Å²) in [5, 5.41) is 4.14. The van der Waals surface area contributed by atoms with Gasteiger partial charge in [-0.25, -0.2) is 4.79 Å². The number of hydrogen-bond donors (Lipinski definition) is 1. The Balaban J connectivity index is 1.45. The molecule has 2 aromatic rings. The van der Waals surface area contributed by atoms with E-state index >= 15 is 0 Å². The Morgan fingerprint density at radius 2 is 1.71 bits per heavy atom. The lowest BCUT2D eigenvalue weighted by molar-refractivity contribution is -0.171. The highest BCUT2D eigenvalue weighted by Crippen LogP contribution is 2.59. The summed E-state index contributed by atoms with van der Waals surface area (Å²) in [6.07, 6.45) is -0.531. The smallest absolute Gasteiger partial charge is 0.331 e. The fourth-order valence-electron chi connectivity index (χ4n) is 4.88. The van der Waals surface area contributed by atoms with E-state index in [2.05, 4.69) is 10.5 Å². The van der Waals surface area contributed by atoms with Crippen molar-refractivity contribution < 1.29 is 14.3 Å². The predicted octanol–water partition coefficient (Wildman–Crippen LogP) is 3.35. The number of carbonyl (C=O) groups is 2. The second kappa shape index (κ2) is 7.12. The van der Waals surface area contributed by atoms with Crippen LogP contribution in [0.4, 0.5) is 0 Å². The van der Waals surface area contributed by atoms with Crippen LogP contribution in [0.15, 0.2) is 65.8 Å². The van der Waals surface area contributed by atoms with Gasteiger partial charge in [-0.15, -0.1) is 11.8 Å². The Morgan fingerprint density at radius 3 is 2.23 bits per heavy atom. The van der Waals surface area contributed by atoms with Gasteiger partial charge in [-0.1, -0.05) is 60.7 Å². The van der Waals surface area contributed by atoms with Gasteiger partial charge in [0.05, 0.1) is 12.3 Å². The number of amides is 1. The molecule has 0 saturated carbocycles. The van der Waals surface area contributed by atoms with Crippen LogP contribution in [-0.2, 0) is 14.3 Å². The van der Waals surface area contributed by atoms with E-state index in [1.807, 2.05) is 81.4 Å². The predicted molar refractivity (Wildman–Crippen MR) is 120 cm³/mol. The average Bonchev–Trinajstić information content (AvgIpc) is 3.30. The van der Waals surface area contributed by atoms with Crippen molar-refractivity contribution in [3.8, 4) is 0 Å². The van der Waals surface area contributed by atoms with Crippen molar-refractivity contribution in [3.05, 3.63) is 71.8 Å². The third-order valence-corrected chi connectivity index (χ3v) is 8.24. The second-order valence-electron chi connectivity index (χ2n) is 8.83.